The summed E-state index contributed by atoms with van der Waals surface area (Å²) in [6, 6.07) is 19.6. The third-order valence-corrected chi connectivity index (χ3v) is 6.78. The second kappa shape index (κ2) is 6.82. The second-order valence-electron chi connectivity index (χ2n) is 6.44. The van der Waals surface area contributed by atoms with Gasteiger partial charge in [0, 0.05) is 25.9 Å². The fourth-order valence-corrected chi connectivity index (χ4v) is 5.27. The molecule has 0 N–H and O–H groups in total. The number of benzene rings is 2. The largest absolute Gasteiger partial charge is 0.292 e. The average molecular weight is 403 g/mol. The number of carbonyl (C=O) groups is 1. The highest BCUT2D eigenvalue weighted by Gasteiger charge is 2.16. The quantitative estimate of drug-likeness (QED) is 0.387. The van der Waals surface area contributed by atoms with E-state index in [1.807, 2.05) is 66.0 Å². The van der Waals surface area contributed by atoms with E-state index in [-0.39, 0.29) is 17.9 Å². The monoisotopic (exact) mass is 402 g/mol. The van der Waals surface area contributed by atoms with Crippen LogP contribution in [0.25, 0.3) is 30.7 Å². The maximum atomic E-state index is 12.9. The van der Waals surface area contributed by atoms with E-state index in [1.165, 1.54) is 33.6 Å². The second-order valence-corrected chi connectivity index (χ2v) is 8.40. The van der Waals surface area contributed by atoms with Gasteiger partial charge in [-0.05, 0) is 17.7 Å². The number of nitrogens with zero attached hydrogens (tertiary/aromatic N) is 2. The van der Waals surface area contributed by atoms with Crippen molar-refractivity contribution in [3.8, 4) is 10.4 Å². The van der Waals surface area contributed by atoms with Gasteiger partial charge in [-0.15, -0.1) is 22.7 Å². The van der Waals surface area contributed by atoms with Crippen LogP contribution in [0, 0.1) is 0 Å². The molecule has 6 heteroatoms. The lowest BCUT2D eigenvalue weighted by atomic mass is 10.1. The Morgan fingerprint density at radius 3 is 2.68 bits per heavy atom. The van der Waals surface area contributed by atoms with Crippen LogP contribution in [0.15, 0.2) is 77.2 Å². The van der Waals surface area contributed by atoms with Gasteiger partial charge in [0.05, 0.1) is 18.4 Å². The molecule has 136 valence electrons. The van der Waals surface area contributed by atoms with E-state index in [0.717, 1.165) is 20.5 Å². The Morgan fingerprint density at radius 2 is 1.82 bits per heavy atom. The van der Waals surface area contributed by atoms with Gasteiger partial charge in [-0.3, -0.25) is 14.2 Å². The maximum Gasteiger partial charge on any atom is 0.271 e. The fourth-order valence-electron chi connectivity index (χ4n) is 3.24. The molecule has 0 saturated heterocycles. The molecule has 0 bridgehead atoms. The Morgan fingerprint density at radius 1 is 1.04 bits per heavy atom. The zero-order valence-corrected chi connectivity index (χ0v) is 16.3. The normalized spacial score (nSPS) is 11.3. The van der Waals surface area contributed by atoms with E-state index in [9.17, 15) is 9.59 Å². The first-order valence-electron chi connectivity index (χ1n) is 8.74. The van der Waals surface area contributed by atoms with Crippen molar-refractivity contribution in [2.24, 2.45) is 0 Å². The Kier molecular flexibility index (Phi) is 4.15. The van der Waals surface area contributed by atoms with E-state index in [2.05, 4.69) is 4.98 Å². The molecule has 5 rings (SSSR count). The summed E-state index contributed by atoms with van der Waals surface area (Å²) in [5.41, 5.74) is 2.20. The summed E-state index contributed by atoms with van der Waals surface area (Å²) in [5, 5.41) is 2.80. The van der Waals surface area contributed by atoms with E-state index in [0.29, 0.717) is 15.8 Å². The Labute approximate surface area is 168 Å². The molecule has 3 heterocycles. The standard InChI is InChI=1S/C22H14N2O2S2/c25-18(16-12-27-19-9-5-4-8-15(16)19)11-24-13-23-17-10-20(28-21(17)22(24)26)14-6-2-1-3-7-14/h1-10,12-13H,11H2. The fraction of sp³-hybridized carbons (Fsp3) is 0.0455. The summed E-state index contributed by atoms with van der Waals surface area (Å²) in [7, 11) is 0. The minimum Gasteiger partial charge on any atom is -0.292 e. The van der Waals surface area contributed by atoms with Crippen LogP contribution in [0.3, 0.4) is 0 Å². The van der Waals surface area contributed by atoms with Crippen LogP contribution < -0.4 is 5.56 Å². The van der Waals surface area contributed by atoms with Crippen LogP contribution in [-0.4, -0.2) is 15.3 Å². The molecule has 0 aliphatic rings. The van der Waals surface area contributed by atoms with Crippen LogP contribution in [0.1, 0.15) is 10.4 Å². The molecule has 0 spiro atoms. The van der Waals surface area contributed by atoms with Gasteiger partial charge in [-0.1, -0.05) is 48.5 Å². The van der Waals surface area contributed by atoms with Crippen molar-refractivity contribution >= 4 is 48.8 Å². The Hall–Kier alpha value is -3.09. The molecule has 0 amide bonds. The molecule has 0 saturated carbocycles. The number of aromatic nitrogens is 2. The summed E-state index contributed by atoms with van der Waals surface area (Å²) in [5.74, 6) is -0.0828. The molecule has 2 aromatic carbocycles. The van der Waals surface area contributed by atoms with E-state index >= 15 is 0 Å². The van der Waals surface area contributed by atoms with Crippen molar-refractivity contribution in [1.82, 2.24) is 9.55 Å². The molecule has 5 aromatic rings. The molecular formula is C22H14N2O2S2. The summed E-state index contributed by atoms with van der Waals surface area (Å²) < 4.78 is 3.05. The van der Waals surface area contributed by atoms with Crippen molar-refractivity contribution < 1.29 is 4.79 Å². The summed E-state index contributed by atoms with van der Waals surface area (Å²) in [6.45, 7) is -0.0128. The zero-order valence-electron chi connectivity index (χ0n) is 14.7. The van der Waals surface area contributed by atoms with Gasteiger partial charge >= 0.3 is 0 Å². The highest BCUT2D eigenvalue weighted by Crippen LogP contribution is 2.30. The van der Waals surface area contributed by atoms with Gasteiger partial charge in [0.1, 0.15) is 4.70 Å². The zero-order chi connectivity index (χ0) is 19.1. The summed E-state index contributed by atoms with van der Waals surface area (Å²) in [4.78, 5) is 31.2. The smallest absolute Gasteiger partial charge is 0.271 e. The lowest BCUT2D eigenvalue weighted by molar-refractivity contribution is 0.0972. The Bertz CT molecular complexity index is 1380. The van der Waals surface area contributed by atoms with Gasteiger partial charge in [-0.2, -0.15) is 0 Å². The number of hydrogen-bond donors (Lipinski definition) is 0. The highest BCUT2D eigenvalue weighted by atomic mass is 32.1. The minimum atomic E-state index is -0.176. The van der Waals surface area contributed by atoms with Crippen molar-refractivity contribution in [2.75, 3.05) is 0 Å². The van der Waals surface area contributed by atoms with Gasteiger partial charge < -0.3 is 0 Å². The number of carbonyl (C=O) groups excluding carboxylic acids is 1. The molecule has 0 unspecified atom stereocenters. The van der Waals surface area contributed by atoms with Crippen molar-refractivity contribution in [2.45, 2.75) is 6.54 Å². The number of hydrogen-bond acceptors (Lipinski definition) is 5. The van der Waals surface area contributed by atoms with Crippen molar-refractivity contribution in [3.63, 3.8) is 0 Å². The van der Waals surface area contributed by atoms with Crippen LogP contribution in [0.4, 0.5) is 0 Å². The lowest BCUT2D eigenvalue weighted by Gasteiger charge is -2.04. The van der Waals surface area contributed by atoms with Crippen molar-refractivity contribution in [1.29, 1.82) is 0 Å². The molecule has 0 atom stereocenters. The van der Waals surface area contributed by atoms with Crippen LogP contribution in [0.2, 0.25) is 0 Å². The molecular weight excluding hydrogens is 388 g/mol. The predicted molar refractivity (Wildman–Crippen MR) is 115 cm³/mol. The minimum absolute atomic E-state index is 0.0128. The van der Waals surface area contributed by atoms with Crippen molar-refractivity contribution in [3.05, 3.63) is 88.3 Å². The number of Topliss-reactive ketones (excluding diaryl/α,β-unsaturated/α-hetero) is 1. The molecule has 28 heavy (non-hydrogen) atoms. The van der Waals surface area contributed by atoms with Crippen LogP contribution in [0.5, 0.6) is 0 Å². The predicted octanol–water partition coefficient (Wildman–Crippen LogP) is 5.22. The molecule has 0 fully saturated rings. The van der Waals surface area contributed by atoms with Gasteiger partial charge in [0.2, 0.25) is 0 Å². The summed E-state index contributed by atoms with van der Waals surface area (Å²) >= 11 is 2.95. The number of ketones is 1. The number of rotatable bonds is 4. The number of thiophene rings is 2. The van der Waals surface area contributed by atoms with Gasteiger partial charge in [0.25, 0.3) is 5.56 Å². The molecule has 0 aliphatic heterocycles. The Balaban J connectivity index is 1.52. The lowest BCUT2D eigenvalue weighted by Crippen LogP contribution is -2.23. The SMILES string of the molecule is O=C(Cn1cnc2cc(-c3ccccc3)sc2c1=O)c1csc2ccccc12. The average Bonchev–Trinajstić information content (AvgIpc) is 3.35. The first-order chi connectivity index (χ1) is 13.7. The third-order valence-electron chi connectivity index (χ3n) is 4.66. The number of fused-ring (bicyclic) bond motifs is 2. The first-order valence-corrected chi connectivity index (χ1v) is 10.4. The van der Waals surface area contributed by atoms with E-state index in [4.69, 9.17) is 0 Å². The highest BCUT2D eigenvalue weighted by molar-refractivity contribution is 7.22. The van der Waals surface area contributed by atoms with E-state index < -0.39 is 0 Å². The maximum absolute atomic E-state index is 12.9. The topological polar surface area (TPSA) is 52.0 Å². The molecule has 0 radical (unpaired) electrons. The first kappa shape index (κ1) is 17.0. The molecule has 4 nitrogen and oxygen atoms in total. The van der Waals surface area contributed by atoms with Crippen LogP contribution in [-0.2, 0) is 6.54 Å². The van der Waals surface area contributed by atoms with Crippen LogP contribution >= 0.6 is 22.7 Å². The van der Waals surface area contributed by atoms with E-state index in [1.54, 1.807) is 0 Å². The molecule has 0 aliphatic carbocycles. The molecule has 3 aromatic heterocycles. The van der Waals surface area contributed by atoms with Gasteiger partial charge in [0.15, 0.2) is 5.78 Å². The van der Waals surface area contributed by atoms with Gasteiger partial charge in [-0.25, -0.2) is 4.98 Å². The third kappa shape index (κ3) is 2.87. The summed E-state index contributed by atoms with van der Waals surface area (Å²) in [6.07, 6.45) is 1.47.